The van der Waals surface area contributed by atoms with E-state index in [0.29, 0.717) is 6.61 Å². The average Bonchev–Trinajstić information content (AvgIpc) is 1.61. The second kappa shape index (κ2) is 15.7. The van der Waals surface area contributed by atoms with Crippen molar-refractivity contribution >= 4 is 0 Å². The summed E-state index contributed by atoms with van der Waals surface area (Å²) < 4.78 is 0. The van der Waals surface area contributed by atoms with Crippen LogP contribution in [0.2, 0.25) is 0 Å². The van der Waals surface area contributed by atoms with Crippen LogP contribution in [0.15, 0.2) is 0 Å². The summed E-state index contributed by atoms with van der Waals surface area (Å²) >= 11 is 0. The fraction of sp³-hybridized carbons (Fsp3) is 1.00. The van der Waals surface area contributed by atoms with E-state index in [1.54, 1.807) is 0 Å². The normalized spacial score (nSPS) is 6.75. The Kier molecular flexibility index (Phi) is 31.5. The third-order valence-corrected chi connectivity index (χ3v) is 0.589. The third kappa shape index (κ3) is 15.7. The van der Waals surface area contributed by atoms with Gasteiger partial charge in [0.05, 0.1) is 6.61 Å². The Balaban J connectivity index is -0.000000125. The molecule has 0 bridgehead atoms. The predicted molar refractivity (Wildman–Crippen MR) is 23.5 cm³/mol. The van der Waals surface area contributed by atoms with Crippen LogP contribution < -0.4 is 0 Å². The Labute approximate surface area is 73.7 Å². The molecule has 0 amide bonds. The Morgan fingerprint density at radius 2 is 1.88 bits per heavy atom. The molecule has 0 aliphatic heterocycles. The van der Waals surface area contributed by atoms with Gasteiger partial charge in [0.1, 0.15) is 0 Å². The predicted octanol–water partition coefficient (Wildman–Crippen LogP) is 1.27. The van der Waals surface area contributed by atoms with Crippen molar-refractivity contribution in [3.8, 4) is 0 Å². The summed E-state index contributed by atoms with van der Waals surface area (Å²) in [6.45, 7) is 2.51. The first-order valence-corrected chi connectivity index (χ1v) is 2.18. The molecule has 4 heteroatoms. The second-order valence-electron chi connectivity index (χ2n) is 1.19. The van der Waals surface area contributed by atoms with Crippen molar-refractivity contribution in [3.05, 3.63) is 0 Å². The fourth-order valence-electron chi connectivity index (χ4n) is 0.209. The van der Waals surface area contributed by atoms with Crippen molar-refractivity contribution in [2.75, 3.05) is 6.61 Å². The molecule has 0 aliphatic rings. The van der Waals surface area contributed by atoms with Crippen LogP contribution in [0.4, 0.5) is 0 Å². The molecule has 2 nitrogen and oxygen atoms in total. The molecular formula is C4H10O2V2. The Hall–Kier alpha value is 1.09. The van der Waals surface area contributed by atoms with Gasteiger partial charge in [0, 0.05) is 37.1 Å². The van der Waals surface area contributed by atoms with E-state index in [9.17, 15) is 0 Å². The van der Waals surface area contributed by atoms with Crippen molar-refractivity contribution in [3.63, 3.8) is 0 Å². The fourth-order valence-corrected chi connectivity index (χ4v) is 0.209. The van der Waals surface area contributed by atoms with Crippen molar-refractivity contribution in [1.82, 2.24) is 0 Å². The van der Waals surface area contributed by atoms with E-state index in [4.69, 9.17) is 5.26 Å². The van der Waals surface area contributed by atoms with Gasteiger partial charge in [0.2, 0.25) is 0 Å². The van der Waals surface area contributed by atoms with Gasteiger partial charge >= 0.3 is 0 Å². The molecule has 0 saturated heterocycles. The molecule has 0 rings (SSSR count). The molecule has 1 N–H and O–H groups in total. The molecule has 0 aromatic carbocycles. The van der Waals surface area contributed by atoms with E-state index in [-0.39, 0.29) is 37.1 Å². The zero-order valence-electron chi connectivity index (χ0n) is 4.87. The van der Waals surface area contributed by atoms with E-state index < -0.39 is 0 Å². The molecule has 48 valence electrons. The summed E-state index contributed by atoms with van der Waals surface area (Å²) in [6.07, 6.45) is 2.01. The molecule has 0 aliphatic carbocycles. The molecule has 2 radical (unpaired) electrons. The van der Waals surface area contributed by atoms with Crippen LogP contribution >= 0.6 is 0 Å². The minimum atomic E-state index is 0. The Morgan fingerprint density at radius 3 is 2.00 bits per heavy atom. The molecule has 0 aromatic heterocycles. The maximum Gasteiger partial charge on any atom is 0.0819 e. The number of hydrogen-bond acceptors (Lipinski definition) is 2. The first kappa shape index (κ1) is 16.0. The van der Waals surface area contributed by atoms with E-state index >= 15 is 0 Å². The Morgan fingerprint density at radius 1 is 1.38 bits per heavy atom. The minimum absolute atomic E-state index is 0. The molecule has 0 aromatic rings. The standard InChI is InChI=1S/C4H10O2.2V/c1-2-3-4-6-5;;/h5H,2-4H2,1H3;;. The molecule has 0 atom stereocenters. The van der Waals surface area contributed by atoms with Gasteiger partial charge in [0.25, 0.3) is 0 Å². The van der Waals surface area contributed by atoms with Gasteiger partial charge in [0.15, 0.2) is 0 Å². The molecule has 0 heterocycles. The van der Waals surface area contributed by atoms with Crippen LogP contribution in [-0.4, -0.2) is 11.9 Å². The first-order valence-electron chi connectivity index (χ1n) is 2.18. The number of hydrogen-bond donors (Lipinski definition) is 1. The zero-order valence-corrected chi connectivity index (χ0v) is 7.66. The first-order chi connectivity index (χ1) is 2.91. The molecular weight excluding hydrogens is 182 g/mol. The van der Waals surface area contributed by atoms with E-state index in [2.05, 4.69) is 4.89 Å². The van der Waals surface area contributed by atoms with Gasteiger partial charge in [-0.2, -0.15) is 0 Å². The van der Waals surface area contributed by atoms with Gasteiger partial charge in [-0.05, 0) is 6.42 Å². The molecule has 8 heavy (non-hydrogen) atoms. The quantitative estimate of drug-likeness (QED) is 0.414. The topological polar surface area (TPSA) is 29.5 Å². The number of rotatable bonds is 3. The molecule has 0 spiro atoms. The Bertz CT molecular complexity index is 24.0. The van der Waals surface area contributed by atoms with Crippen molar-refractivity contribution in [2.45, 2.75) is 19.8 Å². The average molecular weight is 192 g/mol. The molecule has 0 fully saturated rings. The monoisotopic (exact) mass is 192 g/mol. The number of unbranched alkanes of at least 4 members (excludes halogenated alkanes) is 1. The van der Waals surface area contributed by atoms with Crippen LogP contribution in [-0.2, 0) is 42.0 Å². The molecule has 0 unspecified atom stereocenters. The van der Waals surface area contributed by atoms with Gasteiger partial charge in [-0.15, -0.1) is 0 Å². The summed E-state index contributed by atoms with van der Waals surface area (Å²) in [4.78, 5) is 3.78. The summed E-state index contributed by atoms with van der Waals surface area (Å²) in [6, 6.07) is 0. The van der Waals surface area contributed by atoms with E-state index in [0.717, 1.165) is 12.8 Å². The van der Waals surface area contributed by atoms with E-state index in [1.807, 2.05) is 6.92 Å². The van der Waals surface area contributed by atoms with Crippen LogP contribution in [0, 0.1) is 0 Å². The summed E-state index contributed by atoms with van der Waals surface area (Å²) in [5.41, 5.74) is 0. The summed E-state index contributed by atoms with van der Waals surface area (Å²) in [5, 5.41) is 7.70. The van der Waals surface area contributed by atoms with Crippen LogP contribution in [0.1, 0.15) is 19.8 Å². The minimum Gasteiger partial charge on any atom is -0.252 e. The van der Waals surface area contributed by atoms with Gasteiger partial charge in [-0.1, -0.05) is 13.3 Å². The van der Waals surface area contributed by atoms with Crippen molar-refractivity contribution < 1.29 is 47.3 Å². The largest absolute Gasteiger partial charge is 0.252 e. The van der Waals surface area contributed by atoms with Gasteiger partial charge in [-0.3, -0.25) is 5.26 Å². The van der Waals surface area contributed by atoms with Crippen molar-refractivity contribution in [1.29, 1.82) is 0 Å². The van der Waals surface area contributed by atoms with Gasteiger partial charge < -0.3 is 0 Å². The summed E-state index contributed by atoms with van der Waals surface area (Å²) in [5.74, 6) is 0. The second-order valence-corrected chi connectivity index (χ2v) is 1.19. The smallest absolute Gasteiger partial charge is 0.0819 e. The zero-order chi connectivity index (χ0) is 4.83. The maximum absolute atomic E-state index is 7.70. The SMILES string of the molecule is CCCCOO.[V].[V]. The third-order valence-electron chi connectivity index (χ3n) is 0.589. The van der Waals surface area contributed by atoms with E-state index in [1.165, 1.54) is 0 Å². The van der Waals surface area contributed by atoms with Gasteiger partial charge in [-0.25, -0.2) is 4.89 Å². The van der Waals surface area contributed by atoms with Crippen LogP contribution in [0.25, 0.3) is 0 Å². The maximum atomic E-state index is 7.70. The molecule has 0 saturated carbocycles. The van der Waals surface area contributed by atoms with Crippen molar-refractivity contribution in [2.24, 2.45) is 0 Å². The summed E-state index contributed by atoms with van der Waals surface area (Å²) in [7, 11) is 0. The van der Waals surface area contributed by atoms with Crippen LogP contribution in [0.5, 0.6) is 0 Å². The van der Waals surface area contributed by atoms with Crippen LogP contribution in [0.3, 0.4) is 0 Å².